The van der Waals surface area contributed by atoms with Crippen LogP contribution >= 0.6 is 11.8 Å². The lowest BCUT2D eigenvalue weighted by Gasteiger charge is -2.29. The number of para-hydroxylation sites is 1. The van der Waals surface area contributed by atoms with Gasteiger partial charge >= 0.3 is 0 Å². The second-order valence-corrected chi connectivity index (χ2v) is 10.3. The van der Waals surface area contributed by atoms with Crippen LogP contribution in [0.3, 0.4) is 0 Å². The number of pyridine rings is 1. The van der Waals surface area contributed by atoms with Crippen molar-refractivity contribution in [2.45, 2.75) is 35.6 Å². The van der Waals surface area contributed by atoms with E-state index in [9.17, 15) is 5.26 Å². The van der Waals surface area contributed by atoms with Gasteiger partial charge in [-0.2, -0.15) is 15.5 Å². The highest BCUT2D eigenvalue weighted by Gasteiger charge is 2.23. The van der Waals surface area contributed by atoms with E-state index in [1.807, 2.05) is 47.0 Å². The molecule has 0 radical (unpaired) electrons. The van der Waals surface area contributed by atoms with Crippen molar-refractivity contribution in [3.8, 4) is 17.2 Å². The van der Waals surface area contributed by atoms with Gasteiger partial charge in [-0.15, -0.1) is 0 Å². The number of nitrogens with zero attached hydrogens (tertiary/aromatic N) is 8. The first kappa shape index (κ1) is 21.9. The molecular formula is C26H26N8S. The highest BCUT2D eigenvalue weighted by molar-refractivity contribution is 7.99. The van der Waals surface area contributed by atoms with Crippen LogP contribution in [-0.4, -0.2) is 54.0 Å². The number of hydrogen-bond donors (Lipinski definition) is 0. The highest BCUT2D eigenvalue weighted by atomic mass is 32.2. The van der Waals surface area contributed by atoms with E-state index < -0.39 is 0 Å². The molecule has 0 spiro atoms. The average molecular weight is 483 g/mol. The summed E-state index contributed by atoms with van der Waals surface area (Å²) in [5.74, 6) is 0. The van der Waals surface area contributed by atoms with Gasteiger partial charge in [-0.3, -0.25) is 4.68 Å². The van der Waals surface area contributed by atoms with Gasteiger partial charge in [0.1, 0.15) is 6.07 Å². The van der Waals surface area contributed by atoms with Crippen LogP contribution in [0.5, 0.6) is 0 Å². The largest absolute Gasteiger partial charge is 0.333 e. The summed E-state index contributed by atoms with van der Waals surface area (Å²) in [7, 11) is 4.18. The first-order valence-corrected chi connectivity index (χ1v) is 12.6. The molecule has 1 saturated heterocycles. The second-order valence-electron chi connectivity index (χ2n) is 9.26. The Labute approximate surface area is 207 Å². The van der Waals surface area contributed by atoms with Crippen LogP contribution in [0.2, 0.25) is 0 Å². The van der Waals surface area contributed by atoms with Crippen LogP contribution in [0.4, 0.5) is 0 Å². The summed E-state index contributed by atoms with van der Waals surface area (Å²) in [6.45, 7) is 4.34. The molecule has 0 aliphatic carbocycles. The van der Waals surface area contributed by atoms with E-state index in [0.717, 1.165) is 69.1 Å². The maximum Gasteiger partial charge on any atom is 0.103 e. The maximum atomic E-state index is 9.75. The summed E-state index contributed by atoms with van der Waals surface area (Å²) in [4.78, 5) is 8.95. The van der Waals surface area contributed by atoms with Gasteiger partial charge in [0.2, 0.25) is 0 Å². The first-order valence-electron chi connectivity index (χ1n) is 11.8. The van der Waals surface area contributed by atoms with Gasteiger partial charge in [0.05, 0.1) is 46.9 Å². The molecule has 5 aromatic rings. The molecule has 1 aliphatic rings. The Hall–Kier alpha value is -3.61. The molecule has 35 heavy (non-hydrogen) atoms. The van der Waals surface area contributed by atoms with Crippen LogP contribution < -0.4 is 0 Å². The molecular weight excluding hydrogens is 456 g/mol. The van der Waals surface area contributed by atoms with Gasteiger partial charge in [-0.1, -0.05) is 17.8 Å². The van der Waals surface area contributed by atoms with Crippen LogP contribution in [0.25, 0.3) is 27.7 Å². The van der Waals surface area contributed by atoms with Crippen LogP contribution in [-0.2, 0) is 7.05 Å². The molecule has 0 bridgehead atoms. The summed E-state index contributed by atoms with van der Waals surface area (Å²) in [5.41, 5.74) is 6.72. The van der Waals surface area contributed by atoms with Gasteiger partial charge in [0.25, 0.3) is 0 Å². The third kappa shape index (κ3) is 3.70. The average Bonchev–Trinajstić information content (AvgIpc) is 3.57. The normalized spacial score (nSPS) is 15.3. The summed E-state index contributed by atoms with van der Waals surface area (Å²) in [5, 5.41) is 19.1. The topological polar surface area (TPSA) is 80.0 Å². The van der Waals surface area contributed by atoms with Crippen molar-refractivity contribution in [2.24, 2.45) is 7.05 Å². The van der Waals surface area contributed by atoms with Crippen molar-refractivity contribution in [3.63, 3.8) is 0 Å². The molecule has 9 heteroatoms. The molecule has 0 saturated carbocycles. The molecule has 6 rings (SSSR count). The quantitative estimate of drug-likeness (QED) is 0.370. The molecule has 8 nitrogen and oxygen atoms in total. The molecule has 1 fully saturated rings. The molecule has 0 unspecified atom stereocenters. The van der Waals surface area contributed by atoms with Crippen LogP contribution in [0, 0.1) is 18.3 Å². The van der Waals surface area contributed by atoms with Crippen LogP contribution in [0.15, 0.2) is 59.0 Å². The van der Waals surface area contributed by atoms with Crippen molar-refractivity contribution in [2.75, 3.05) is 20.1 Å². The summed E-state index contributed by atoms with van der Waals surface area (Å²) in [6.07, 6.45) is 9.67. The van der Waals surface area contributed by atoms with Crippen molar-refractivity contribution >= 4 is 28.3 Å². The monoisotopic (exact) mass is 482 g/mol. The van der Waals surface area contributed by atoms with Gasteiger partial charge in [-0.05, 0) is 58.1 Å². The zero-order chi connectivity index (χ0) is 24.1. The van der Waals surface area contributed by atoms with Crippen LogP contribution in [0.1, 0.15) is 30.1 Å². The van der Waals surface area contributed by atoms with Gasteiger partial charge < -0.3 is 9.47 Å². The smallest absolute Gasteiger partial charge is 0.103 e. The minimum atomic E-state index is 0.426. The van der Waals surface area contributed by atoms with Gasteiger partial charge in [0, 0.05) is 39.9 Å². The second kappa shape index (κ2) is 8.56. The number of aromatic nitrogens is 6. The number of benzene rings is 1. The minimum absolute atomic E-state index is 0.426. The molecule has 0 atom stereocenters. The number of likely N-dealkylation sites (tertiary alicyclic amines) is 1. The Balaban J connectivity index is 1.46. The van der Waals surface area contributed by atoms with Gasteiger partial charge in [-0.25, -0.2) is 9.50 Å². The Morgan fingerprint density at radius 1 is 1.06 bits per heavy atom. The number of piperidine rings is 1. The fourth-order valence-corrected chi connectivity index (χ4v) is 6.30. The zero-order valence-electron chi connectivity index (χ0n) is 20.0. The Morgan fingerprint density at radius 2 is 1.89 bits per heavy atom. The van der Waals surface area contributed by atoms with Crippen molar-refractivity contribution in [1.82, 2.24) is 33.8 Å². The van der Waals surface area contributed by atoms with E-state index in [1.54, 1.807) is 18.0 Å². The number of fused-ring (bicyclic) bond motifs is 2. The van der Waals surface area contributed by atoms with E-state index in [1.165, 1.54) is 0 Å². The predicted octanol–water partition coefficient (Wildman–Crippen LogP) is 4.68. The molecule has 0 N–H and O–H groups in total. The number of nitriles is 1. The SMILES string of the molecule is Cc1c(-c2cc(Sc3cccc4ncn(C)c34)c3c(C#N)cnn3c2)cnn1C1CCN(C)CC1. The lowest BCUT2D eigenvalue weighted by Crippen LogP contribution is -2.32. The van der Waals surface area contributed by atoms with E-state index in [2.05, 4.69) is 51.8 Å². The van der Waals surface area contributed by atoms with Gasteiger partial charge in [0.15, 0.2) is 0 Å². The summed E-state index contributed by atoms with van der Waals surface area (Å²) < 4.78 is 6.06. The van der Waals surface area contributed by atoms with Crippen molar-refractivity contribution in [1.29, 1.82) is 5.26 Å². The maximum absolute atomic E-state index is 9.75. The summed E-state index contributed by atoms with van der Waals surface area (Å²) >= 11 is 1.64. The molecule has 1 aromatic carbocycles. The van der Waals surface area contributed by atoms with Crippen molar-refractivity contribution < 1.29 is 0 Å². The number of rotatable bonds is 4. The molecule has 5 heterocycles. The third-order valence-corrected chi connectivity index (χ3v) is 8.09. The molecule has 176 valence electrons. The number of aryl methyl sites for hydroxylation is 1. The number of hydrogen-bond acceptors (Lipinski definition) is 6. The Bertz CT molecular complexity index is 1590. The van der Waals surface area contributed by atoms with E-state index in [0.29, 0.717) is 11.6 Å². The number of imidazole rings is 1. The first-order chi connectivity index (χ1) is 17.0. The third-order valence-electron chi connectivity index (χ3n) is 7.01. The standard InChI is InChI=1S/C26H26N8S/c1-17-21(14-30-34(17)20-7-9-31(2)10-8-20)18-11-24(25-19(12-27)13-29-33(25)15-18)35-23-6-4-5-22-26(23)32(3)16-28-22/h4-6,11,13-16,20H,7-10H2,1-3H3. The lowest BCUT2D eigenvalue weighted by atomic mass is 10.0. The fraction of sp³-hybridized carbons (Fsp3) is 0.308. The summed E-state index contributed by atoms with van der Waals surface area (Å²) in [6, 6.07) is 11.0. The lowest BCUT2D eigenvalue weighted by molar-refractivity contribution is 0.210. The molecule has 4 aromatic heterocycles. The molecule has 1 aliphatic heterocycles. The van der Waals surface area contributed by atoms with E-state index in [4.69, 9.17) is 5.10 Å². The highest BCUT2D eigenvalue weighted by Crippen LogP contribution is 2.39. The minimum Gasteiger partial charge on any atom is -0.333 e. The molecule has 0 amide bonds. The van der Waals surface area contributed by atoms with E-state index in [-0.39, 0.29) is 0 Å². The Kier molecular flexibility index (Phi) is 5.35. The Morgan fingerprint density at radius 3 is 2.69 bits per heavy atom. The fourth-order valence-electron chi connectivity index (χ4n) is 5.08. The zero-order valence-corrected chi connectivity index (χ0v) is 20.8. The predicted molar refractivity (Wildman–Crippen MR) is 136 cm³/mol. The van der Waals surface area contributed by atoms with E-state index >= 15 is 0 Å². The van der Waals surface area contributed by atoms with Crippen molar-refractivity contribution in [3.05, 3.63) is 60.4 Å².